The molecular formula is C20H15Br2ClO9. The van der Waals surface area contributed by atoms with E-state index in [2.05, 4.69) is 31.9 Å². The van der Waals surface area contributed by atoms with Crippen LogP contribution in [0.3, 0.4) is 0 Å². The number of rotatable bonds is 6. The summed E-state index contributed by atoms with van der Waals surface area (Å²) in [6, 6.07) is 0. The summed E-state index contributed by atoms with van der Waals surface area (Å²) >= 11 is 12.8. The fraction of sp³-hybridized carbons (Fsp3) is 0.300. The van der Waals surface area contributed by atoms with E-state index in [-0.39, 0.29) is 85.9 Å². The molecule has 0 saturated heterocycles. The van der Waals surface area contributed by atoms with Crippen molar-refractivity contribution in [1.29, 1.82) is 0 Å². The zero-order valence-electron chi connectivity index (χ0n) is 16.9. The fourth-order valence-corrected chi connectivity index (χ4v) is 5.29. The van der Waals surface area contributed by atoms with E-state index < -0.39 is 11.2 Å². The molecule has 0 fully saturated rings. The number of halogens is 3. The Hall–Kier alpha value is -2.37. The topological polar surface area (TPSA) is 98.8 Å². The van der Waals surface area contributed by atoms with Gasteiger partial charge >= 0.3 is 5.97 Å². The summed E-state index contributed by atoms with van der Waals surface area (Å²) in [6.07, 6.45) is 0. The van der Waals surface area contributed by atoms with Gasteiger partial charge in [-0.25, -0.2) is 4.79 Å². The second-order valence-corrected chi connectivity index (χ2v) is 8.25. The molecule has 2 aliphatic heterocycles. The van der Waals surface area contributed by atoms with Gasteiger partial charge in [0.2, 0.25) is 25.1 Å². The van der Waals surface area contributed by atoms with Crippen molar-refractivity contribution in [3.8, 4) is 45.6 Å². The van der Waals surface area contributed by atoms with Crippen molar-refractivity contribution in [2.24, 2.45) is 0 Å². The molecule has 170 valence electrons. The number of carbonyl (C=O) groups is 2. The van der Waals surface area contributed by atoms with Gasteiger partial charge in [-0.15, -0.1) is 0 Å². The van der Waals surface area contributed by atoms with Gasteiger partial charge in [0, 0.05) is 11.1 Å². The Labute approximate surface area is 204 Å². The van der Waals surface area contributed by atoms with Gasteiger partial charge < -0.3 is 33.2 Å². The molecule has 0 saturated carbocycles. The molecule has 2 aliphatic rings. The van der Waals surface area contributed by atoms with Gasteiger partial charge in [-0.2, -0.15) is 0 Å². The second kappa shape index (κ2) is 8.87. The van der Waals surface area contributed by atoms with Crippen LogP contribution in [0.25, 0.3) is 11.1 Å². The molecule has 0 radical (unpaired) electrons. The zero-order chi connectivity index (χ0) is 23.2. The van der Waals surface area contributed by atoms with E-state index in [4.69, 9.17) is 44.8 Å². The van der Waals surface area contributed by atoms with Crippen molar-refractivity contribution in [1.82, 2.24) is 0 Å². The number of ether oxygens (including phenoxy) is 7. The van der Waals surface area contributed by atoms with Crippen LogP contribution in [0.15, 0.2) is 8.95 Å². The van der Waals surface area contributed by atoms with Crippen LogP contribution in [0.5, 0.6) is 34.5 Å². The number of hydrogen-bond donors (Lipinski definition) is 0. The number of hydrogen-bond acceptors (Lipinski definition) is 9. The van der Waals surface area contributed by atoms with Crippen molar-refractivity contribution in [3.05, 3.63) is 20.1 Å². The van der Waals surface area contributed by atoms with E-state index in [1.54, 1.807) is 6.92 Å². The third kappa shape index (κ3) is 3.34. The smallest absolute Gasteiger partial charge is 0.340 e. The molecule has 32 heavy (non-hydrogen) atoms. The zero-order valence-corrected chi connectivity index (χ0v) is 20.9. The molecule has 0 aliphatic carbocycles. The van der Waals surface area contributed by atoms with Crippen molar-refractivity contribution in [3.63, 3.8) is 0 Å². The van der Waals surface area contributed by atoms with Crippen molar-refractivity contribution >= 4 is 54.7 Å². The van der Waals surface area contributed by atoms with E-state index in [0.717, 1.165) is 0 Å². The van der Waals surface area contributed by atoms with Gasteiger partial charge in [0.1, 0.15) is 0 Å². The standard InChI is InChI=1S/C20H15Br2ClO9/c1-4-28-20(25)10-8(14-18(32-6-30-14)16(27-3)12(10)22)7-9(19(23)24)11(21)15(26-2)17-13(7)29-5-31-17/h4-6H2,1-3H3. The molecular weight excluding hydrogens is 579 g/mol. The summed E-state index contributed by atoms with van der Waals surface area (Å²) in [4.78, 5) is 25.7. The predicted octanol–water partition coefficient (Wildman–Crippen LogP) is 4.91. The quantitative estimate of drug-likeness (QED) is 0.341. The highest BCUT2D eigenvalue weighted by molar-refractivity contribution is 9.11. The van der Waals surface area contributed by atoms with Gasteiger partial charge in [-0.1, -0.05) is 0 Å². The van der Waals surface area contributed by atoms with Crippen LogP contribution in [0.1, 0.15) is 27.6 Å². The van der Waals surface area contributed by atoms with Crippen LogP contribution in [0, 0.1) is 0 Å². The summed E-state index contributed by atoms with van der Waals surface area (Å²) < 4.78 is 39.2. The molecule has 0 bridgehead atoms. The van der Waals surface area contributed by atoms with Crippen molar-refractivity contribution < 1.29 is 42.7 Å². The molecule has 0 N–H and O–H groups in total. The maximum absolute atomic E-state index is 13.1. The largest absolute Gasteiger partial charge is 0.492 e. The molecule has 0 aromatic heterocycles. The van der Waals surface area contributed by atoms with Crippen molar-refractivity contribution in [2.45, 2.75) is 6.92 Å². The average molecular weight is 595 g/mol. The lowest BCUT2D eigenvalue weighted by Crippen LogP contribution is -2.11. The Morgan fingerprint density at radius 3 is 1.72 bits per heavy atom. The number of esters is 1. The fourth-order valence-electron chi connectivity index (χ4n) is 3.56. The van der Waals surface area contributed by atoms with E-state index in [1.165, 1.54) is 14.2 Å². The van der Waals surface area contributed by atoms with Gasteiger partial charge in [0.15, 0.2) is 23.0 Å². The molecule has 2 aromatic rings. The molecule has 2 aromatic carbocycles. The van der Waals surface area contributed by atoms with Gasteiger partial charge in [0.05, 0.1) is 40.9 Å². The van der Waals surface area contributed by atoms with Gasteiger partial charge in [-0.3, -0.25) is 4.79 Å². The van der Waals surface area contributed by atoms with Crippen LogP contribution in [0.2, 0.25) is 0 Å². The van der Waals surface area contributed by atoms with Gasteiger partial charge in [-0.05, 0) is 50.4 Å². The monoisotopic (exact) mass is 592 g/mol. The predicted molar refractivity (Wildman–Crippen MR) is 119 cm³/mol. The van der Waals surface area contributed by atoms with Gasteiger partial charge in [0.25, 0.3) is 5.24 Å². The summed E-state index contributed by atoms with van der Waals surface area (Å²) in [5.74, 6) is 0.504. The number of fused-ring (bicyclic) bond motifs is 2. The maximum Gasteiger partial charge on any atom is 0.340 e. The molecule has 0 amide bonds. The van der Waals surface area contributed by atoms with Crippen LogP contribution in [-0.4, -0.2) is 45.6 Å². The number of carbonyl (C=O) groups excluding carboxylic acids is 2. The first-order chi connectivity index (χ1) is 15.4. The minimum absolute atomic E-state index is 0.0203. The Bertz CT molecular complexity index is 1150. The lowest BCUT2D eigenvalue weighted by atomic mass is 9.92. The molecule has 0 unspecified atom stereocenters. The summed E-state index contributed by atoms with van der Waals surface area (Å²) in [5, 5.41) is -0.835. The lowest BCUT2D eigenvalue weighted by Gasteiger charge is -2.21. The highest BCUT2D eigenvalue weighted by atomic mass is 79.9. The van der Waals surface area contributed by atoms with Crippen LogP contribution >= 0.6 is 43.5 Å². The molecule has 9 nitrogen and oxygen atoms in total. The highest BCUT2D eigenvalue weighted by Gasteiger charge is 2.40. The summed E-state index contributed by atoms with van der Waals surface area (Å²) in [6.45, 7) is 1.49. The molecule has 0 atom stereocenters. The SMILES string of the molecule is CCOC(=O)c1c(Br)c(OC)c2c(c1-c1c3c(c(OC)c(Br)c1C(=O)Cl)OCO3)OCO2. The number of benzene rings is 2. The van der Waals surface area contributed by atoms with Crippen LogP contribution < -0.4 is 28.4 Å². The Kier molecular flexibility index (Phi) is 6.33. The van der Waals surface area contributed by atoms with E-state index >= 15 is 0 Å². The Morgan fingerprint density at radius 2 is 1.28 bits per heavy atom. The van der Waals surface area contributed by atoms with Crippen LogP contribution in [-0.2, 0) is 4.74 Å². The average Bonchev–Trinajstić information content (AvgIpc) is 3.42. The third-order valence-corrected chi connectivity index (χ3v) is 6.47. The van der Waals surface area contributed by atoms with Crippen molar-refractivity contribution in [2.75, 3.05) is 34.4 Å². The third-order valence-electron chi connectivity index (χ3n) is 4.76. The first-order valence-electron chi connectivity index (χ1n) is 9.12. The normalized spacial score (nSPS) is 13.2. The minimum Gasteiger partial charge on any atom is -0.492 e. The lowest BCUT2D eigenvalue weighted by molar-refractivity contribution is 0.0525. The minimum atomic E-state index is -0.835. The molecule has 12 heteroatoms. The second-order valence-electron chi connectivity index (χ2n) is 6.32. The van der Waals surface area contributed by atoms with E-state index in [1.807, 2.05) is 0 Å². The molecule has 0 spiro atoms. The molecule has 4 rings (SSSR count). The van der Waals surface area contributed by atoms with Crippen LogP contribution in [0.4, 0.5) is 0 Å². The Balaban J connectivity index is 2.21. The molecule has 2 heterocycles. The Morgan fingerprint density at radius 1 is 0.844 bits per heavy atom. The first-order valence-corrected chi connectivity index (χ1v) is 11.1. The van der Waals surface area contributed by atoms with E-state index in [9.17, 15) is 9.59 Å². The first kappa shape index (κ1) is 22.8. The summed E-state index contributed by atoms with van der Waals surface area (Å²) in [7, 11) is 2.83. The highest BCUT2D eigenvalue weighted by Crippen LogP contribution is 2.60. The van der Waals surface area contributed by atoms with E-state index in [0.29, 0.717) is 0 Å². The maximum atomic E-state index is 13.1. The summed E-state index contributed by atoms with van der Waals surface area (Å²) in [5.41, 5.74) is 0.325. The number of methoxy groups -OCH3 is 2.